The first kappa shape index (κ1) is 13.6. The van der Waals surface area contributed by atoms with Crippen LogP contribution < -0.4 is 11.1 Å². The first-order valence-electron chi connectivity index (χ1n) is 5.49. The van der Waals surface area contributed by atoms with Crippen LogP contribution in [0, 0.1) is 11.6 Å². The van der Waals surface area contributed by atoms with Crippen LogP contribution in [0.2, 0.25) is 0 Å². The molecule has 1 rings (SSSR count). The Morgan fingerprint density at radius 3 is 2.47 bits per heavy atom. The van der Waals surface area contributed by atoms with E-state index < -0.39 is 23.1 Å². The molecule has 0 fully saturated rings. The van der Waals surface area contributed by atoms with Gasteiger partial charge in [0.15, 0.2) is 11.6 Å². The van der Waals surface area contributed by atoms with Gasteiger partial charge in [0.25, 0.3) is 0 Å². The van der Waals surface area contributed by atoms with E-state index in [-0.39, 0.29) is 5.69 Å². The maximum absolute atomic E-state index is 13.3. The average molecular weight is 242 g/mol. The van der Waals surface area contributed by atoms with Gasteiger partial charge in [-0.25, -0.2) is 8.78 Å². The highest BCUT2D eigenvalue weighted by Crippen LogP contribution is 2.19. The molecule has 0 bridgehead atoms. The highest BCUT2D eigenvalue weighted by Gasteiger charge is 2.30. The summed E-state index contributed by atoms with van der Waals surface area (Å²) in [5, 5.41) is 2.31. The summed E-state index contributed by atoms with van der Waals surface area (Å²) in [5.41, 5.74) is 4.60. The molecule has 0 saturated heterocycles. The molecule has 0 heterocycles. The molecule has 0 aliphatic carbocycles. The molecule has 0 saturated carbocycles. The van der Waals surface area contributed by atoms with E-state index >= 15 is 0 Å². The molecule has 1 aromatic carbocycles. The largest absolute Gasteiger partial charge is 0.322 e. The lowest BCUT2D eigenvalue weighted by Gasteiger charge is -2.25. The van der Waals surface area contributed by atoms with Gasteiger partial charge in [-0.3, -0.25) is 4.79 Å². The lowest BCUT2D eigenvalue weighted by molar-refractivity contribution is -0.121. The number of rotatable bonds is 4. The van der Waals surface area contributed by atoms with Gasteiger partial charge >= 0.3 is 0 Å². The molecule has 0 unspecified atom stereocenters. The Hall–Kier alpha value is -1.49. The van der Waals surface area contributed by atoms with Gasteiger partial charge in [0.05, 0.1) is 11.2 Å². The van der Waals surface area contributed by atoms with Crippen LogP contribution in [0.25, 0.3) is 0 Å². The third-order valence-corrected chi connectivity index (χ3v) is 2.91. The van der Waals surface area contributed by atoms with Crippen LogP contribution in [0.15, 0.2) is 18.2 Å². The minimum Gasteiger partial charge on any atom is -0.322 e. The minimum atomic E-state index is -1.07. The van der Waals surface area contributed by atoms with Crippen molar-refractivity contribution < 1.29 is 13.6 Å². The van der Waals surface area contributed by atoms with Crippen LogP contribution in [0.4, 0.5) is 14.5 Å². The maximum atomic E-state index is 13.3. The van der Waals surface area contributed by atoms with Crippen LogP contribution in [0.1, 0.15) is 26.7 Å². The summed E-state index contributed by atoms with van der Waals surface area (Å²) < 4.78 is 26.3. The number of hydrogen-bond acceptors (Lipinski definition) is 2. The molecular weight excluding hydrogens is 226 g/mol. The van der Waals surface area contributed by atoms with Crippen LogP contribution in [0.5, 0.6) is 0 Å². The predicted molar refractivity (Wildman–Crippen MR) is 62.5 cm³/mol. The molecule has 0 aliphatic heterocycles. The number of halogens is 2. The molecule has 5 heteroatoms. The molecular formula is C12H16F2N2O. The molecule has 94 valence electrons. The summed E-state index contributed by atoms with van der Waals surface area (Å²) in [7, 11) is 0. The van der Waals surface area contributed by atoms with Crippen LogP contribution in [-0.4, -0.2) is 11.4 Å². The highest BCUT2D eigenvalue weighted by atomic mass is 19.2. The summed E-state index contributed by atoms with van der Waals surface area (Å²) >= 11 is 0. The van der Waals surface area contributed by atoms with E-state index in [1.54, 1.807) is 13.8 Å². The molecule has 0 spiro atoms. The molecule has 0 aliphatic rings. The minimum absolute atomic E-state index is 0.188. The van der Waals surface area contributed by atoms with E-state index in [0.717, 1.165) is 6.07 Å². The standard InChI is InChI=1S/C12H16F2N2O/c1-3-12(15,4-2)11(17)16-9-7-5-6-8(13)10(9)14/h5-7H,3-4,15H2,1-2H3,(H,16,17). The van der Waals surface area contributed by atoms with E-state index in [2.05, 4.69) is 5.32 Å². The van der Waals surface area contributed by atoms with Gasteiger partial charge in [-0.2, -0.15) is 0 Å². The number of benzene rings is 1. The molecule has 0 radical (unpaired) electrons. The second-order valence-electron chi connectivity index (χ2n) is 3.92. The van der Waals surface area contributed by atoms with E-state index in [4.69, 9.17) is 5.73 Å². The molecule has 1 aromatic rings. The van der Waals surface area contributed by atoms with Crippen molar-refractivity contribution in [1.29, 1.82) is 0 Å². The number of nitrogens with two attached hydrogens (primary N) is 1. The zero-order chi connectivity index (χ0) is 13.1. The van der Waals surface area contributed by atoms with Crippen LogP contribution in [-0.2, 0) is 4.79 Å². The maximum Gasteiger partial charge on any atom is 0.244 e. The van der Waals surface area contributed by atoms with Gasteiger partial charge in [-0.05, 0) is 25.0 Å². The fourth-order valence-corrected chi connectivity index (χ4v) is 1.42. The number of carbonyl (C=O) groups excluding carboxylic acids is 1. The first-order chi connectivity index (χ1) is 7.94. The van der Waals surface area contributed by atoms with Gasteiger partial charge in [0.1, 0.15) is 0 Å². The highest BCUT2D eigenvalue weighted by molar-refractivity contribution is 5.97. The Balaban J connectivity index is 2.92. The number of amides is 1. The Kier molecular flexibility index (Phi) is 4.17. The topological polar surface area (TPSA) is 55.1 Å². The Morgan fingerprint density at radius 1 is 1.35 bits per heavy atom. The van der Waals surface area contributed by atoms with Crippen molar-refractivity contribution in [2.45, 2.75) is 32.2 Å². The first-order valence-corrected chi connectivity index (χ1v) is 5.49. The van der Waals surface area contributed by atoms with E-state index in [1.807, 2.05) is 0 Å². The van der Waals surface area contributed by atoms with Crippen molar-refractivity contribution in [3.63, 3.8) is 0 Å². The average Bonchev–Trinajstić information content (AvgIpc) is 2.33. The monoisotopic (exact) mass is 242 g/mol. The van der Waals surface area contributed by atoms with Crippen molar-refractivity contribution in [3.05, 3.63) is 29.8 Å². The fraction of sp³-hybridized carbons (Fsp3) is 0.417. The molecule has 17 heavy (non-hydrogen) atoms. The van der Waals surface area contributed by atoms with Crippen molar-refractivity contribution >= 4 is 11.6 Å². The molecule has 3 nitrogen and oxygen atoms in total. The quantitative estimate of drug-likeness (QED) is 0.852. The SMILES string of the molecule is CCC(N)(CC)C(=O)Nc1cccc(F)c1F. The summed E-state index contributed by atoms with van der Waals surface area (Å²) in [6, 6.07) is 3.60. The Bertz CT molecular complexity index is 417. The number of nitrogens with one attached hydrogen (secondary N) is 1. The summed E-state index contributed by atoms with van der Waals surface area (Å²) in [5.74, 6) is -2.58. The molecule has 0 aromatic heterocycles. The van der Waals surface area contributed by atoms with Gasteiger partial charge in [-0.1, -0.05) is 19.9 Å². The van der Waals surface area contributed by atoms with Crippen molar-refractivity contribution in [2.24, 2.45) is 5.73 Å². The van der Waals surface area contributed by atoms with Gasteiger partial charge in [0.2, 0.25) is 5.91 Å². The van der Waals surface area contributed by atoms with Gasteiger partial charge in [0, 0.05) is 0 Å². The van der Waals surface area contributed by atoms with Gasteiger partial charge < -0.3 is 11.1 Å². The Labute approximate surface area is 99.0 Å². The molecule has 0 atom stereocenters. The second-order valence-corrected chi connectivity index (χ2v) is 3.92. The van der Waals surface area contributed by atoms with Gasteiger partial charge in [-0.15, -0.1) is 0 Å². The summed E-state index contributed by atoms with van der Waals surface area (Å²) in [4.78, 5) is 11.8. The zero-order valence-corrected chi connectivity index (χ0v) is 9.89. The summed E-state index contributed by atoms with van der Waals surface area (Å²) in [6.07, 6.45) is 0.846. The predicted octanol–water partition coefficient (Wildman–Crippen LogP) is 2.42. The fourth-order valence-electron chi connectivity index (χ4n) is 1.42. The van der Waals surface area contributed by atoms with Crippen molar-refractivity contribution in [1.82, 2.24) is 0 Å². The number of carbonyl (C=O) groups is 1. The summed E-state index contributed by atoms with van der Waals surface area (Å²) in [6.45, 7) is 3.54. The Morgan fingerprint density at radius 2 is 1.94 bits per heavy atom. The van der Waals surface area contributed by atoms with Crippen LogP contribution in [0.3, 0.4) is 0 Å². The van der Waals surface area contributed by atoms with E-state index in [1.165, 1.54) is 12.1 Å². The van der Waals surface area contributed by atoms with Crippen LogP contribution >= 0.6 is 0 Å². The normalized spacial score (nSPS) is 11.4. The third kappa shape index (κ3) is 2.79. The molecule has 3 N–H and O–H groups in total. The van der Waals surface area contributed by atoms with E-state index in [0.29, 0.717) is 12.8 Å². The van der Waals surface area contributed by atoms with Crippen molar-refractivity contribution in [2.75, 3.05) is 5.32 Å². The third-order valence-electron chi connectivity index (χ3n) is 2.91. The van der Waals surface area contributed by atoms with E-state index in [9.17, 15) is 13.6 Å². The van der Waals surface area contributed by atoms with Crippen molar-refractivity contribution in [3.8, 4) is 0 Å². The number of hydrogen-bond donors (Lipinski definition) is 2. The lowest BCUT2D eigenvalue weighted by Crippen LogP contribution is -2.50. The second kappa shape index (κ2) is 5.23. The number of anilines is 1. The smallest absolute Gasteiger partial charge is 0.244 e. The lowest BCUT2D eigenvalue weighted by atomic mass is 9.93. The molecule has 1 amide bonds. The zero-order valence-electron chi connectivity index (χ0n) is 9.89.